The first-order chi connectivity index (χ1) is 21.2. The zero-order chi connectivity index (χ0) is 32.3. The molecule has 1 unspecified atom stereocenters. The van der Waals surface area contributed by atoms with E-state index in [1.54, 1.807) is 42.3 Å². The largest absolute Gasteiger partial charge is 0.492 e. The fourth-order valence-corrected chi connectivity index (χ4v) is 6.17. The van der Waals surface area contributed by atoms with Gasteiger partial charge < -0.3 is 24.6 Å². The zero-order valence-electron chi connectivity index (χ0n) is 25.3. The van der Waals surface area contributed by atoms with Crippen LogP contribution in [-0.2, 0) is 30.4 Å². The van der Waals surface area contributed by atoms with Gasteiger partial charge in [0.2, 0.25) is 0 Å². The molecule has 6 rings (SSSR count). The minimum Gasteiger partial charge on any atom is -0.492 e. The number of aliphatic carboxylic acids is 1. The number of rotatable bonds is 6. The van der Waals surface area contributed by atoms with Crippen LogP contribution in [0.25, 0.3) is 28.1 Å². The van der Waals surface area contributed by atoms with Crippen LogP contribution in [0.3, 0.4) is 0 Å². The standard InChI is InChI=1S/C35H33F3N2O5/c1-19-14-25-23(8-9-28(41)40(25)18-20-6-5-7-22(15-20)35(36,37)38)31(24(19)16-29(42)43)32-27(45-34(2,3)4)17-26-30-21(11-13-44-26)10-12-39-33(30)32/h5-10,12,14-15,17,28,41H,11,13,16,18H2,1-4H3,(H,42,43). The molecule has 10 heteroatoms. The molecule has 3 heterocycles. The average molecular weight is 619 g/mol. The number of carbonyl (C=O) groups is 1. The Bertz CT molecular complexity index is 1860. The second-order valence-electron chi connectivity index (χ2n) is 12.4. The fraction of sp³-hybridized carbons (Fsp3) is 0.314. The van der Waals surface area contributed by atoms with Crippen molar-refractivity contribution in [1.29, 1.82) is 0 Å². The van der Waals surface area contributed by atoms with E-state index in [0.29, 0.717) is 69.1 Å². The summed E-state index contributed by atoms with van der Waals surface area (Å²) in [6, 6.07) is 10.6. The topological polar surface area (TPSA) is 92.1 Å². The zero-order valence-corrected chi connectivity index (χ0v) is 25.3. The van der Waals surface area contributed by atoms with Crippen molar-refractivity contribution in [3.05, 3.63) is 88.1 Å². The first-order valence-corrected chi connectivity index (χ1v) is 14.7. The van der Waals surface area contributed by atoms with E-state index in [9.17, 15) is 28.2 Å². The van der Waals surface area contributed by atoms with E-state index in [-0.39, 0.29) is 13.0 Å². The van der Waals surface area contributed by atoms with Crippen molar-refractivity contribution >= 4 is 28.6 Å². The van der Waals surface area contributed by atoms with Crippen LogP contribution in [0, 0.1) is 6.92 Å². The molecule has 45 heavy (non-hydrogen) atoms. The van der Waals surface area contributed by atoms with Gasteiger partial charge in [-0.2, -0.15) is 13.2 Å². The van der Waals surface area contributed by atoms with Gasteiger partial charge in [0.05, 0.1) is 29.7 Å². The Morgan fingerprint density at radius 2 is 1.91 bits per heavy atom. The Kier molecular flexibility index (Phi) is 7.51. The second kappa shape index (κ2) is 11.1. The SMILES string of the molecule is Cc1cc2c(c(-c3c(OC(C)(C)C)cc4c5c(ccnc35)CCO4)c1CC(=O)O)C=CC(O)N2Cc1cccc(C(F)(F)F)c1. The molecule has 0 bridgehead atoms. The molecule has 0 saturated heterocycles. The summed E-state index contributed by atoms with van der Waals surface area (Å²) in [7, 11) is 0. The van der Waals surface area contributed by atoms with E-state index in [1.165, 1.54) is 6.07 Å². The third-order valence-electron chi connectivity index (χ3n) is 8.00. The van der Waals surface area contributed by atoms with Crippen molar-refractivity contribution in [3.63, 3.8) is 0 Å². The summed E-state index contributed by atoms with van der Waals surface area (Å²) in [6.07, 6.45) is -0.282. The number of halogens is 3. The van der Waals surface area contributed by atoms with Gasteiger partial charge in [0.25, 0.3) is 0 Å². The highest BCUT2D eigenvalue weighted by Crippen LogP contribution is 2.50. The van der Waals surface area contributed by atoms with Gasteiger partial charge in [0.1, 0.15) is 23.3 Å². The maximum atomic E-state index is 13.5. The normalized spacial score (nSPS) is 16.0. The minimum atomic E-state index is -4.52. The van der Waals surface area contributed by atoms with Crippen LogP contribution in [0.5, 0.6) is 11.5 Å². The van der Waals surface area contributed by atoms with Gasteiger partial charge in [0, 0.05) is 47.4 Å². The van der Waals surface area contributed by atoms with Crippen LogP contribution in [-0.4, -0.2) is 39.6 Å². The van der Waals surface area contributed by atoms with E-state index in [0.717, 1.165) is 23.1 Å². The number of nitrogens with zero attached hydrogens (tertiary/aromatic N) is 2. The smallest absolute Gasteiger partial charge is 0.416 e. The lowest BCUT2D eigenvalue weighted by molar-refractivity contribution is -0.138. The van der Waals surface area contributed by atoms with Gasteiger partial charge in [-0.15, -0.1) is 0 Å². The van der Waals surface area contributed by atoms with Gasteiger partial charge >= 0.3 is 12.1 Å². The highest BCUT2D eigenvalue weighted by molar-refractivity contribution is 6.06. The summed E-state index contributed by atoms with van der Waals surface area (Å²) in [6.45, 7) is 7.99. The molecule has 1 aromatic heterocycles. The Labute approximate surface area is 258 Å². The monoisotopic (exact) mass is 618 g/mol. The lowest BCUT2D eigenvalue weighted by Crippen LogP contribution is -2.36. The molecule has 234 valence electrons. The van der Waals surface area contributed by atoms with Crippen LogP contribution in [0.4, 0.5) is 18.9 Å². The van der Waals surface area contributed by atoms with Crippen LogP contribution in [0.15, 0.2) is 54.7 Å². The number of hydrogen-bond acceptors (Lipinski definition) is 6. The van der Waals surface area contributed by atoms with Crippen LogP contribution in [0.2, 0.25) is 0 Å². The molecular formula is C35H33F3N2O5. The van der Waals surface area contributed by atoms with Crippen molar-refractivity contribution in [2.24, 2.45) is 0 Å². The van der Waals surface area contributed by atoms with Crippen LogP contribution >= 0.6 is 0 Å². The number of anilines is 1. The lowest BCUT2D eigenvalue weighted by Gasteiger charge is -2.36. The highest BCUT2D eigenvalue weighted by Gasteiger charge is 2.33. The molecule has 1 atom stereocenters. The summed E-state index contributed by atoms with van der Waals surface area (Å²) < 4.78 is 53.1. The number of fused-ring (bicyclic) bond motifs is 1. The molecule has 0 amide bonds. The van der Waals surface area contributed by atoms with Crippen molar-refractivity contribution in [2.75, 3.05) is 11.5 Å². The number of ether oxygens (including phenoxy) is 2. The van der Waals surface area contributed by atoms with E-state index in [1.807, 2.05) is 32.9 Å². The van der Waals surface area contributed by atoms with E-state index in [4.69, 9.17) is 14.5 Å². The molecule has 0 fully saturated rings. The summed E-state index contributed by atoms with van der Waals surface area (Å²) in [5, 5.41) is 22.0. The van der Waals surface area contributed by atoms with E-state index < -0.39 is 29.5 Å². The maximum absolute atomic E-state index is 13.5. The second-order valence-corrected chi connectivity index (χ2v) is 12.4. The molecular weight excluding hydrogens is 585 g/mol. The molecule has 2 aliphatic heterocycles. The van der Waals surface area contributed by atoms with Crippen LogP contribution in [0.1, 0.15) is 54.2 Å². The number of pyridine rings is 1. The summed E-state index contributed by atoms with van der Waals surface area (Å²) in [5.74, 6) is 0.0537. The van der Waals surface area contributed by atoms with Gasteiger partial charge in [-0.1, -0.05) is 18.2 Å². The maximum Gasteiger partial charge on any atom is 0.416 e. The molecule has 2 aliphatic rings. The molecule has 0 spiro atoms. The quantitative estimate of drug-likeness (QED) is 0.234. The van der Waals surface area contributed by atoms with Gasteiger partial charge in [-0.3, -0.25) is 9.78 Å². The highest BCUT2D eigenvalue weighted by atomic mass is 19.4. The van der Waals surface area contributed by atoms with Crippen LogP contribution < -0.4 is 14.4 Å². The summed E-state index contributed by atoms with van der Waals surface area (Å²) in [5.41, 5.74) is 4.07. The first-order valence-electron chi connectivity index (χ1n) is 14.7. The van der Waals surface area contributed by atoms with E-state index >= 15 is 0 Å². The van der Waals surface area contributed by atoms with Gasteiger partial charge in [0.15, 0.2) is 0 Å². The van der Waals surface area contributed by atoms with Crippen molar-refractivity contribution in [1.82, 2.24) is 4.98 Å². The number of alkyl halides is 3. The lowest BCUT2D eigenvalue weighted by atomic mass is 9.84. The average Bonchev–Trinajstić information content (AvgIpc) is 2.95. The number of aliphatic hydroxyl groups excluding tert-OH is 1. The number of carboxylic acids is 1. The Morgan fingerprint density at radius 3 is 2.62 bits per heavy atom. The predicted molar refractivity (Wildman–Crippen MR) is 166 cm³/mol. The van der Waals surface area contributed by atoms with Gasteiger partial charge in [-0.05, 0) is 80.3 Å². The van der Waals surface area contributed by atoms with Crippen molar-refractivity contribution in [3.8, 4) is 22.6 Å². The number of carboxylic acid groups (broad SMARTS) is 1. The molecule has 3 aromatic carbocycles. The Balaban J connectivity index is 1.64. The molecule has 7 nitrogen and oxygen atoms in total. The molecule has 4 aromatic rings. The van der Waals surface area contributed by atoms with Gasteiger partial charge in [-0.25, -0.2) is 0 Å². The third kappa shape index (κ3) is 5.82. The number of aromatic nitrogens is 1. The molecule has 2 N–H and O–H groups in total. The van der Waals surface area contributed by atoms with E-state index in [2.05, 4.69) is 0 Å². The van der Waals surface area contributed by atoms with Crippen molar-refractivity contribution in [2.45, 2.75) is 65.1 Å². The first kappa shape index (κ1) is 30.5. The molecule has 0 aliphatic carbocycles. The predicted octanol–water partition coefficient (Wildman–Crippen LogP) is 7.32. The number of benzene rings is 3. The fourth-order valence-electron chi connectivity index (χ4n) is 6.17. The summed E-state index contributed by atoms with van der Waals surface area (Å²) >= 11 is 0. The molecule has 0 radical (unpaired) electrons. The summed E-state index contributed by atoms with van der Waals surface area (Å²) in [4.78, 5) is 18.6. The number of aryl methyl sites for hydroxylation is 1. The van der Waals surface area contributed by atoms with Crippen molar-refractivity contribution < 1.29 is 37.7 Å². The number of hydrogen-bond donors (Lipinski definition) is 2. The Morgan fingerprint density at radius 1 is 1.13 bits per heavy atom. The molecule has 0 saturated carbocycles. The minimum absolute atomic E-state index is 0.0269. The number of aliphatic hydroxyl groups is 1. The Hall–Kier alpha value is -4.57. The third-order valence-corrected chi connectivity index (χ3v) is 8.00.